The van der Waals surface area contributed by atoms with Crippen molar-refractivity contribution in [3.05, 3.63) is 18.2 Å². The van der Waals surface area contributed by atoms with E-state index in [1.807, 2.05) is 20.8 Å². The molecule has 2 amide bonds. The van der Waals surface area contributed by atoms with Crippen molar-refractivity contribution in [2.24, 2.45) is 5.41 Å². The first kappa shape index (κ1) is 18.8. The van der Waals surface area contributed by atoms with Gasteiger partial charge in [0.15, 0.2) is 11.5 Å². The zero-order valence-electron chi connectivity index (χ0n) is 14.7. The van der Waals surface area contributed by atoms with Crippen molar-refractivity contribution in [3.63, 3.8) is 0 Å². The number of hydrogen-bond acceptors (Lipinski definition) is 4. The van der Waals surface area contributed by atoms with Crippen LogP contribution in [0, 0.1) is 5.41 Å². The van der Waals surface area contributed by atoms with Crippen molar-refractivity contribution in [2.45, 2.75) is 27.7 Å². The second-order valence-electron chi connectivity index (χ2n) is 6.22. The SMILES string of the molecule is COc1ccc(N(CCNC(=O)C(C)(C)C)C(C)=O)cc1OC. The van der Waals surface area contributed by atoms with Gasteiger partial charge in [0.1, 0.15) is 0 Å². The first-order valence-corrected chi connectivity index (χ1v) is 7.49. The number of ether oxygens (including phenoxy) is 2. The highest BCUT2D eigenvalue weighted by molar-refractivity contribution is 5.92. The van der Waals surface area contributed by atoms with Gasteiger partial charge in [-0.1, -0.05) is 20.8 Å². The van der Waals surface area contributed by atoms with Gasteiger partial charge in [-0.15, -0.1) is 0 Å². The lowest BCUT2D eigenvalue weighted by molar-refractivity contribution is -0.128. The first-order valence-electron chi connectivity index (χ1n) is 7.49. The van der Waals surface area contributed by atoms with E-state index in [9.17, 15) is 9.59 Å². The van der Waals surface area contributed by atoms with Gasteiger partial charge in [0, 0.05) is 37.2 Å². The third-order valence-electron chi connectivity index (χ3n) is 3.36. The van der Waals surface area contributed by atoms with Crippen molar-refractivity contribution in [1.82, 2.24) is 5.32 Å². The van der Waals surface area contributed by atoms with Gasteiger partial charge < -0.3 is 19.7 Å². The Morgan fingerprint density at radius 2 is 1.74 bits per heavy atom. The molecule has 0 saturated carbocycles. The second-order valence-corrected chi connectivity index (χ2v) is 6.22. The predicted molar refractivity (Wildman–Crippen MR) is 90.0 cm³/mol. The molecule has 0 fully saturated rings. The molecule has 6 nitrogen and oxygen atoms in total. The number of anilines is 1. The Morgan fingerprint density at radius 3 is 2.22 bits per heavy atom. The van der Waals surface area contributed by atoms with E-state index in [0.717, 1.165) is 0 Å². The summed E-state index contributed by atoms with van der Waals surface area (Å²) in [6.07, 6.45) is 0. The number of rotatable bonds is 6. The summed E-state index contributed by atoms with van der Waals surface area (Å²) >= 11 is 0. The molecular formula is C17H26N2O4. The highest BCUT2D eigenvalue weighted by atomic mass is 16.5. The molecule has 0 atom stereocenters. The van der Waals surface area contributed by atoms with E-state index in [4.69, 9.17) is 9.47 Å². The summed E-state index contributed by atoms with van der Waals surface area (Å²) in [6, 6.07) is 5.28. The summed E-state index contributed by atoms with van der Waals surface area (Å²) < 4.78 is 10.5. The summed E-state index contributed by atoms with van der Waals surface area (Å²) in [5, 5.41) is 2.84. The maximum atomic E-state index is 11.9. The molecule has 0 aliphatic heterocycles. The summed E-state index contributed by atoms with van der Waals surface area (Å²) in [6.45, 7) is 7.79. The van der Waals surface area contributed by atoms with Crippen LogP contribution in [-0.2, 0) is 9.59 Å². The van der Waals surface area contributed by atoms with Crippen LogP contribution >= 0.6 is 0 Å². The monoisotopic (exact) mass is 322 g/mol. The van der Waals surface area contributed by atoms with Crippen LogP contribution in [0.5, 0.6) is 11.5 Å². The molecule has 0 heterocycles. The van der Waals surface area contributed by atoms with Crippen molar-refractivity contribution in [2.75, 3.05) is 32.2 Å². The minimum atomic E-state index is -0.454. The highest BCUT2D eigenvalue weighted by Gasteiger charge is 2.21. The largest absolute Gasteiger partial charge is 0.493 e. The molecule has 1 aromatic rings. The minimum absolute atomic E-state index is 0.0479. The fourth-order valence-corrected chi connectivity index (χ4v) is 2.01. The Kier molecular flexibility index (Phi) is 6.42. The van der Waals surface area contributed by atoms with Crippen LogP contribution in [0.2, 0.25) is 0 Å². The minimum Gasteiger partial charge on any atom is -0.493 e. The Bertz CT molecular complexity index is 564. The number of benzene rings is 1. The second kappa shape index (κ2) is 7.85. The zero-order valence-corrected chi connectivity index (χ0v) is 14.7. The molecular weight excluding hydrogens is 296 g/mol. The molecule has 1 N–H and O–H groups in total. The van der Waals surface area contributed by atoms with E-state index < -0.39 is 5.41 Å². The van der Waals surface area contributed by atoms with Crippen LogP contribution in [-0.4, -0.2) is 39.1 Å². The molecule has 0 bridgehead atoms. The molecule has 0 aromatic heterocycles. The summed E-state index contributed by atoms with van der Waals surface area (Å²) in [5.74, 6) is 0.992. The van der Waals surface area contributed by atoms with Crippen LogP contribution in [0.1, 0.15) is 27.7 Å². The van der Waals surface area contributed by atoms with Crippen molar-refractivity contribution >= 4 is 17.5 Å². The zero-order chi connectivity index (χ0) is 17.6. The fraction of sp³-hybridized carbons (Fsp3) is 0.529. The molecule has 0 aliphatic carbocycles. The third-order valence-corrected chi connectivity index (χ3v) is 3.36. The van der Waals surface area contributed by atoms with Gasteiger partial charge in [-0.05, 0) is 12.1 Å². The molecule has 6 heteroatoms. The number of carbonyl (C=O) groups is 2. The Balaban J connectivity index is 2.83. The molecule has 0 spiro atoms. The summed E-state index contributed by atoms with van der Waals surface area (Å²) in [5.41, 5.74) is 0.241. The van der Waals surface area contributed by atoms with Crippen LogP contribution in [0.25, 0.3) is 0 Å². The smallest absolute Gasteiger partial charge is 0.225 e. The Labute approximate surface area is 137 Å². The Morgan fingerprint density at radius 1 is 1.13 bits per heavy atom. The summed E-state index contributed by atoms with van der Waals surface area (Å²) in [4.78, 5) is 25.4. The topological polar surface area (TPSA) is 67.9 Å². The average molecular weight is 322 g/mol. The molecule has 1 rings (SSSR count). The van der Waals surface area contributed by atoms with Gasteiger partial charge in [-0.2, -0.15) is 0 Å². The van der Waals surface area contributed by atoms with Gasteiger partial charge in [0.05, 0.1) is 14.2 Å². The van der Waals surface area contributed by atoms with Gasteiger partial charge in [0.25, 0.3) is 0 Å². The van der Waals surface area contributed by atoms with Gasteiger partial charge in [0.2, 0.25) is 11.8 Å². The third kappa shape index (κ3) is 5.16. The fourth-order valence-electron chi connectivity index (χ4n) is 2.01. The number of amides is 2. The molecule has 128 valence electrons. The van der Waals surface area contributed by atoms with Gasteiger partial charge in [-0.3, -0.25) is 9.59 Å². The Hall–Kier alpha value is -2.24. The molecule has 1 aromatic carbocycles. The van der Waals surface area contributed by atoms with Crippen LogP contribution in [0.4, 0.5) is 5.69 Å². The highest BCUT2D eigenvalue weighted by Crippen LogP contribution is 2.31. The number of nitrogens with one attached hydrogen (secondary N) is 1. The van der Waals surface area contributed by atoms with E-state index in [-0.39, 0.29) is 11.8 Å². The first-order chi connectivity index (χ1) is 10.7. The lowest BCUT2D eigenvalue weighted by atomic mass is 9.96. The number of carbonyl (C=O) groups excluding carboxylic acids is 2. The molecule has 23 heavy (non-hydrogen) atoms. The lowest BCUT2D eigenvalue weighted by Crippen LogP contribution is -2.41. The normalized spacial score (nSPS) is 10.9. The molecule has 0 saturated heterocycles. The van der Waals surface area contributed by atoms with Gasteiger partial charge in [-0.25, -0.2) is 0 Å². The van der Waals surface area contributed by atoms with Crippen molar-refractivity contribution in [3.8, 4) is 11.5 Å². The molecule has 0 unspecified atom stereocenters. The maximum absolute atomic E-state index is 11.9. The molecule has 0 radical (unpaired) electrons. The standard InChI is InChI=1S/C17H26N2O4/c1-12(20)19(10-9-18-16(21)17(2,3)4)13-7-8-14(22-5)15(11-13)23-6/h7-8,11H,9-10H2,1-6H3,(H,18,21). The van der Waals surface area contributed by atoms with E-state index in [0.29, 0.717) is 30.3 Å². The maximum Gasteiger partial charge on any atom is 0.225 e. The van der Waals surface area contributed by atoms with Crippen LogP contribution in [0.15, 0.2) is 18.2 Å². The van der Waals surface area contributed by atoms with Crippen LogP contribution in [0.3, 0.4) is 0 Å². The van der Waals surface area contributed by atoms with Crippen molar-refractivity contribution in [1.29, 1.82) is 0 Å². The van der Waals surface area contributed by atoms with Crippen molar-refractivity contribution < 1.29 is 19.1 Å². The lowest BCUT2D eigenvalue weighted by Gasteiger charge is -2.24. The molecule has 0 aliphatic rings. The number of nitrogens with zero attached hydrogens (tertiary/aromatic N) is 1. The van der Waals surface area contributed by atoms with Gasteiger partial charge >= 0.3 is 0 Å². The van der Waals surface area contributed by atoms with Crippen LogP contribution < -0.4 is 19.7 Å². The van der Waals surface area contributed by atoms with E-state index in [2.05, 4.69) is 5.32 Å². The average Bonchev–Trinajstić information content (AvgIpc) is 2.49. The van der Waals surface area contributed by atoms with E-state index in [1.165, 1.54) is 6.92 Å². The van der Waals surface area contributed by atoms with E-state index >= 15 is 0 Å². The number of hydrogen-bond donors (Lipinski definition) is 1. The predicted octanol–water partition coefficient (Wildman–Crippen LogP) is 2.22. The van der Waals surface area contributed by atoms with E-state index in [1.54, 1.807) is 37.3 Å². The quantitative estimate of drug-likeness (QED) is 0.872. The summed E-state index contributed by atoms with van der Waals surface area (Å²) in [7, 11) is 3.10. The number of methoxy groups -OCH3 is 2.